The van der Waals surface area contributed by atoms with Crippen molar-refractivity contribution in [2.45, 2.75) is 122 Å². The Morgan fingerprint density at radius 2 is 1.39 bits per heavy atom. The van der Waals surface area contributed by atoms with Gasteiger partial charge in [0, 0.05) is 0 Å². The van der Waals surface area contributed by atoms with Crippen LogP contribution in [0.3, 0.4) is 0 Å². The monoisotopic (exact) mass is 617 g/mol. The molecule has 1 unspecified atom stereocenters. The predicted molar refractivity (Wildman–Crippen MR) is 179 cm³/mol. The van der Waals surface area contributed by atoms with Crippen molar-refractivity contribution in [1.82, 2.24) is 5.09 Å². The first-order valence-electron chi connectivity index (χ1n) is 15.9. The molecular weight excluding hydrogens is 565 g/mol. The van der Waals surface area contributed by atoms with E-state index in [9.17, 15) is 4.57 Å². The van der Waals surface area contributed by atoms with Crippen LogP contribution in [0.25, 0.3) is 0 Å². The molecule has 0 radical (unpaired) electrons. The molecule has 1 N–H and O–H groups in total. The Kier molecular flexibility index (Phi) is 14.4. The number of halogens is 1. The topological polar surface area (TPSA) is 47.6 Å². The van der Waals surface area contributed by atoms with Crippen LogP contribution in [0.1, 0.15) is 105 Å². The van der Waals surface area contributed by atoms with Gasteiger partial charge in [-0.3, -0.25) is 4.57 Å². The van der Waals surface area contributed by atoms with Crippen molar-refractivity contribution >= 4 is 36.8 Å². The summed E-state index contributed by atoms with van der Waals surface area (Å²) < 4.78 is 25.4. The van der Waals surface area contributed by atoms with Gasteiger partial charge in [0.25, 0.3) is 8.32 Å². The number of rotatable bonds is 18. The normalized spacial score (nSPS) is 20.6. The van der Waals surface area contributed by atoms with Gasteiger partial charge in [-0.2, -0.15) is 0 Å². The smallest absolute Gasteiger partial charge is 0.360 e. The molecule has 7 heteroatoms. The zero-order valence-electron chi connectivity index (χ0n) is 25.8. The molecule has 3 atom stereocenters. The second-order valence-corrected chi connectivity index (χ2v) is 19.6. The van der Waals surface area contributed by atoms with Gasteiger partial charge < -0.3 is 8.95 Å². The quantitative estimate of drug-likeness (QED) is 0.0783. The maximum atomic E-state index is 12.6. The minimum absolute atomic E-state index is 0.165. The molecule has 1 aliphatic heterocycles. The van der Waals surface area contributed by atoms with E-state index in [0.717, 1.165) is 6.42 Å². The van der Waals surface area contributed by atoms with E-state index < -0.39 is 15.2 Å². The highest BCUT2D eigenvalue weighted by atomic mass is 35.7. The van der Waals surface area contributed by atoms with E-state index in [4.69, 9.17) is 20.2 Å². The molecule has 0 aliphatic carbocycles. The average molecular weight is 618 g/mol. The van der Waals surface area contributed by atoms with Crippen molar-refractivity contribution in [3.05, 3.63) is 72.8 Å². The summed E-state index contributed by atoms with van der Waals surface area (Å²) in [7, 11) is -2.81. The maximum absolute atomic E-state index is 12.6. The largest absolute Gasteiger partial charge is 0.399 e. The Morgan fingerprint density at radius 1 is 0.902 bits per heavy atom. The van der Waals surface area contributed by atoms with Gasteiger partial charge in [-0.25, -0.2) is 5.09 Å². The molecule has 41 heavy (non-hydrogen) atoms. The highest BCUT2D eigenvalue weighted by Crippen LogP contribution is 2.53. The lowest BCUT2D eigenvalue weighted by molar-refractivity contribution is 0.179. The molecular formula is C34H53ClNO3PSi. The van der Waals surface area contributed by atoms with Crippen LogP contribution in [0.15, 0.2) is 72.8 Å². The minimum Gasteiger partial charge on any atom is -0.399 e. The van der Waals surface area contributed by atoms with Gasteiger partial charge in [-0.1, -0.05) is 165 Å². The fraction of sp³-hybridized carbons (Fsp3) is 0.588. The molecule has 0 saturated carbocycles. The first-order chi connectivity index (χ1) is 19.7. The van der Waals surface area contributed by atoms with Crippen LogP contribution in [0.5, 0.6) is 0 Å². The van der Waals surface area contributed by atoms with Crippen LogP contribution >= 0.6 is 18.1 Å². The van der Waals surface area contributed by atoms with Crippen molar-refractivity contribution in [2.24, 2.45) is 0 Å². The van der Waals surface area contributed by atoms with E-state index in [2.05, 4.69) is 106 Å². The summed E-state index contributed by atoms with van der Waals surface area (Å²) in [6.07, 6.45) is 19.8. The molecule has 1 aliphatic rings. The SMILES string of the molecule is CCCCCCCCCCCCC/C=C\[C@H](O[Si](c1ccccc1)(c1ccccc1)C(C)(C)C)[C@@H]1COP(=O)(Cl)N1. The van der Waals surface area contributed by atoms with Crippen molar-refractivity contribution < 1.29 is 13.5 Å². The number of hydrogen-bond donors (Lipinski definition) is 1. The van der Waals surface area contributed by atoms with Crippen LogP contribution in [0.4, 0.5) is 0 Å². The maximum Gasteiger partial charge on any atom is 0.360 e. The fourth-order valence-corrected chi connectivity index (χ4v) is 12.2. The van der Waals surface area contributed by atoms with Crippen molar-refractivity contribution in [3.63, 3.8) is 0 Å². The Bertz CT molecular complexity index is 1040. The average Bonchev–Trinajstić information content (AvgIpc) is 3.32. The summed E-state index contributed by atoms with van der Waals surface area (Å²) in [5, 5.41) is 5.32. The lowest BCUT2D eigenvalue weighted by Gasteiger charge is -2.45. The first-order valence-corrected chi connectivity index (χ1v) is 20.3. The molecule has 1 fully saturated rings. The first kappa shape index (κ1) is 34.3. The second-order valence-electron chi connectivity index (χ2n) is 12.5. The molecule has 0 aromatic heterocycles. The van der Waals surface area contributed by atoms with Gasteiger partial charge in [-0.05, 0) is 39.5 Å². The number of allylic oxidation sites excluding steroid dienone is 1. The number of nitrogens with one attached hydrogen (secondary N) is 1. The zero-order chi connectivity index (χ0) is 29.6. The molecule has 2 aromatic rings. The van der Waals surface area contributed by atoms with E-state index >= 15 is 0 Å². The van der Waals surface area contributed by atoms with E-state index in [1.54, 1.807) is 0 Å². The summed E-state index contributed by atoms with van der Waals surface area (Å²) in [4.78, 5) is 0. The molecule has 0 bridgehead atoms. The summed E-state index contributed by atoms with van der Waals surface area (Å²) in [5.41, 5.74) is 0. The third kappa shape index (κ3) is 10.5. The molecule has 0 spiro atoms. The van der Waals surface area contributed by atoms with E-state index in [-0.39, 0.29) is 23.8 Å². The van der Waals surface area contributed by atoms with Crippen molar-refractivity contribution in [3.8, 4) is 0 Å². The van der Waals surface area contributed by atoms with Gasteiger partial charge in [0.05, 0.1) is 18.8 Å². The van der Waals surface area contributed by atoms with Crippen LogP contribution < -0.4 is 15.5 Å². The van der Waals surface area contributed by atoms with E-state index in [1.165, 1.54) is 81.0 Å². The Balaban J connectivity index is 1.70. The van der Waals surface area contributed by atoms with Gasteiger partial charge in [0.1, 0.15) is 0 Å². The van der Waals surface area contributed by atoms with E-state index in [1.807, 2.05) is 0 Å². The summed E-state index contributed by atoms with van der Waals surface area (Å²) >= 11 is 6.14. The second kappa shape index (κ2) is 17.2. The fourth-order valence-electron chi connectivity index (χ4n) is 5.92. The van der Waals surface area contributed by atoms with E-state index in [0.29, 0.717) is 0 Å². The molecule has 0 amide bonds. The predicted octanol–water partition coefficient (Wildman–Crippen LogP) is 9.52. The van der Waals surface area contributed by atoms with Crippen molar-refractivity contribution in [2.75, 3.05) is 6.61 Å². The highest BCUT2D eigenvalue weighted by molar-refractivity contribution is 7.83. The molecule has 228 valence electrons. The lowest BCUT2D eigenvalue weighted by Crippen LogP contribution is -2.68. The molecule has 1 heterocycles. The molecule has 3 rings (SSSR count). The van der Waals surface area contributed by atoms with Gasteiger partial charge >= 0.3 is 6.87 Å². The van der Waals surface area contributed by atoms with Crippen LogP contribution in [-0.2, 0) is 13.5 Å². The number of hydrogen-bond acceptors (Lipinski definition) is 3. The van der Waals surface area contributed by atoms with Gasteiger partial charge in [-0.15, -0.1) is 0 Å². The van der Waals surface area contributed by atoms with Crippen LogP contribution in [0.2, 0.25) is 5.04 Å². The lowest BCUT2D eigenvalue weighted by atomic mass is 10.0. The Labute approximate surface area is 256 Å². The number of unbranched alkanes of at least 4 members (excludes halogenated alkanes) is 11. The Hall–Kier alpha value is -1.20. The highest BCUT2D eigenvalue weighted by Gasteiger charge is 2.52. The third-order valence-electron chi connectivity index (χ3n) is 8.17. The molecule has 4 nitrogen and oxygen atoms in total. The standard InChI is InChI=1S/C34H53ClNO3PSi/c1-5-6-7-8-9-10-11-12-13-14-15-16-23-28-33(32-29-38-40(35,37)36-32)39-41(34(2,3)4,30-24-19-17-20-25-30)31-26-21-18-22-27-31/h17-28,32-33H,5-16,29H2,1-4H3,(H,36,37)/b28-23-/t32-,33-,40?/m0/s1. The minimum atomic E-state index is -3.35. The summed E-state index contributed by atoms with van der Waals surface area (Å²) in [5.74, 6) is 0. The Morgan fingerprint density at radius 3 is 1.83 bits per heavy atom. The molecule has 2 aromatic carbocycles. The van der Waals surface area contributed by atoms with Crippen LogP contribution in [0, 0.1) is 0 Å². The summed E-state index contributed by atoms with van der Waals surface area (Å²) in [6.45, 7) is 6.00. The van der Waals surface area contributed by atoms with Crippen molar-refractivity contribution in [1.29, 1.82) is 0 Å². The van der Waals surface area contributed by atoms with Gasteiger partial charge in [0.15, 0.2) is 0 Å². The van der Waals surface area contributed by atoms with Gasteiger partial charge in [0.2, 0.25) is 0 Å². The summed E-state index contributed by atoms with van der Waals surface area (Å²) in [6, 6.07) is 21.0. The number of benzene rings is 2. The zero-order valence-corrected chi connectivity index (χ0v) is 28.5. The van der Waals surface area contributed by atoms with Crippen LogP contribution in [-0.4, -0.2) is 27.1 Å². The molecule has 1 saturated heterocycles. The third-order valence-corrected chi connectivity index (χ3v) is 14.9.